The Hall–Kier alpha value is -2.29. The van der Waals surface area contributed by atoms with Crippen LogP contribution in [0.2, 0.25) is 5.02 Å². The van der Waals surface area contributed by atoms with Crippen molar-refractivity contribution >= 4 is 23.3 Å². The summed E-state index contributed by atoms with van der Waals surface area (Å²) in [5.41, 5.74) is 6.02. The highest BCUT2D eigenvalue weighted by Crippen LogP contribution is 2.34. The Morgan fingerprint density at radius 3 is 2.40 bits per heavy atom. The van der Waals surface area contributed by atoms with Gasteiger partial charge in [-0.05, 0) is 6.07 Å². The number of aromatic carboxylic acids is 1. The number of hydrogen-bond acceptors (Lipinski definition) is 3. The minimum atomic E-state index is -4.39. The first kappa shape index (κ1) is 15.8. The van der Waals surface area contributed by atoms with Crippen LogP contribution in [-0.4, -0.2) is 26.5 Å². The van der Waals surface area contributed by atoms with Crippen LogP contribution >= 0.6 is 11.6 Å². The van der Waals surface area contributed by atoms with Crippen LogP contribution in [0.15, 0.2) is 24.4 Å². The first-order valence-electron chi connectivity index (χ1n) is 4.89. The lowest BCUT2D eigenvalue weighted by molar-refractivity contribution is -0.137. The maximum absolute atomic E-state index is 12.0. The minimum absolute atomic E-state index is 0.0648. The molecule has 2 rings (SSSR count). The van der Waals surface area contributed by atoms with Gasteiger partial charge >= 0.3 is 12.1 Å². The molecule has 0 aliphatic rings. The lowest BCUT2D eigenvalue weighted by Gasteiger charge is -2.10. The van der Waals surface area contributed by atoms with E-state index >= 15 is 0 Å². The molecule has 0 aliphatic carbocycles. The summed E-state index contributed by atoms with van der Waals surface area (Å²) in [4.78, 5) is 9.94. The number of carbonyl (C=O) groups is 1. The van der Waals surface area contributed by atoms with Crippen molar-refractivity contribution in [3.8, 4) is 0 Å². The van der Waals surface area contributed by atoms with E-state index in [2.05, 4.69) is 15.4 Å². The van der Waals surface area contributed by atoms with Gasteiger partial charge in [0.1, 0.15) is 0 Å². The molecule has 2 aromatic rings. The number of halogens is 4. The molecule has 1 aromatic carbocycles. The first-order valence-corrected chi connectivity index (χ1v) is 5.27. The van der Waals surface area contributed by atoms with Crippen LogP contribution in [0.1, 0.15) is 16.1 Å². The summed E-state index contributed by atoms with van der Waals surface area (Å²) in [5, 5.41) is 16.7. The second-order valence-electron chi connectivity index (χ2n) is 3.35. The number of benzene rings is 1. The predicted octanol–water partition coefficient (Wildman–Crippen LogP) is 3.55. The molecule has 0 atom stereocenters. The molecule has 1 aromatic heterocycles. The molecule has 6 nitrogen and oxygen atoms in total. The highest BCUT2D eigenvalue weighted by Gasteiger charge is 2.30. The van der Waals surface area contributed by atoms with Crippen molar-refractivity contribution in [3.05, 3.63) is 46.4 Å². The molecular formula is C10H7ClF3N4O2-. The second-order valence-corrected chi connectivity index (χ2v) is 3.76. The van der Waals surface area contributed by atoms with Gasteiger partial charge < -0.3 is 10.8 Å². The summed E-state index contributed by atoms with van der Waals surface area (Å²) >= 11 is 5.33. The fourth-order valence-corrected chi connectivity index (χ4v) is 1.18. The van der Waals surface area contributed by atoms with Crippen molar-refractivity contribution in [1.29, 1.82) is 0 Å². The maximum atomic E-state index is 12.0. The van der Waals surface area contributed by atoms with Crippen molar-refractivity contribution in [2.24, 2.45) is 0 Å². The summed E-state index contributed by atoms with van der Waals surface area (Å²) in [6.45, 7) is 0. The Balaban J connectivity index is 0.000000217. The number of aromatic amines is 1. The van der Waals surface area contributed by atoms with E-state index in [0.29, 0.717) is 0 Å². The molecule has 0 radical (unpaired) electrons. The lowest BCUT2D eigenvalue weighted by Crippen LogP contribution is -2.03. The number of alkyl halides is 3. The average Bonchev–Trinajstić information content (AvgIpc) is 2.86. The second kappa shape index (κ2) is 6.24. The fourth-order valence-electron chi connectivity index (χ4n) is 0.996. The van der Waals surface area contributed by atoms with Gasteiger partial charge in [-0.2, -0.15) is 23.5 Å². The third-order valence-electron chi connectivity index (χ3n) is 1.93. The van der Waals surface area contributed by atoms with Crippen molar-refractivity contribution in [3.63, 3.8) is 0 Å². The van der Waals surface area contributed by atoms with Gasteiger partial charge in [-0.1, -0.05) is 23.7 Å². The SMILES string of the molecule is O=C(O)c1cn[nH]n1.[NH-]c1ccc(C(F)(F)F)cc1Cl. The van der Waals surface area contributed by atoms with E-state index < -0.39 is 17.7 Å². The molecule has 0 fully saturated rings. The van der Waals surface area contributed by atoms with Crippen LogP contribution in [0.4, 0.5) is 18.9 Å². The molecule has 10 heteroatoms. The summed E-state index contributed by atoms with van der Waals surface area (Å²) < 4.78 is 35.9. The number of carboxylic acids is 1. The maximum Gasteiger partial charge on any atom is 0.416 e. The number of H-pyrrole nitrogens is 1. The highest BCUT2D eigenvalue weighted by molar-refractivity contribution is 6.33. The summed E-state index contributed by atoms with van der Waals surface area (Å²) in [5.74, 6) is -1.07. The first-order chi connectivity index (χ1) is 9.21. The van der Waals surface area contributed by atoms with E-state index in [1.807, 2.05) is 0 Å². The Bertz CT molecular complexity index is 587. The van der Waals surface area contributed by atoms with Gasteiger partial charge in [0.05, 0.1) is 11.8 Å². The van der Waals surface area contributed by atoms with Gasteiger partial charge in [-0.25, -0.2) is 4.79 Å². The topological polar surface area (TPSA) is 103 Å². The van der Waals surface area contributed by atoms with Crippen LogP contribution < -0.4 is 0 Å². The number of nitrogens with zero attached hydrogens (tertiary/aromatic N) is 2. The van der Waals surface area contributed by atoms with E-state index in [-0.39, 0.29) is 16.4 Å². The van der Waals surface area contributed by atoms with Crippen molar-refractivity contribution in [2.45, 2.75) is 6.18 Å². The van der Waals surface area contributed by atoms with Crippen molar-refractivity contribution < 1.29 is 23.1 Å². The molecule has 0 unspecified atom stereocenters. The van der Waals surface area contributed by atoms with E-state index in [0.717, 1.165) is 24.4 Å². The van der Waals surface area contributed by atoms with Gasteiger partial charge in [0, 0.05) is 5.02 Å². The number of nitrogens with one attached hydrogen (secondary N) is 2. The number of rotatable bonds is 1. The number of hydrogen-bond donors (Lipinski definition) is 2. The lowest BCUT2D eigenvalue weighted by atomic mass is 10.2. The van der Waals surface area contributed by atoms with Crippen molar-refractivity contribution in [1.82, 2.24) is 15.4 Å². The third kappa shape index (κ3) is 4.43. The van der Waals surface area contributed by atoms with Gasteiger partial charge in [-0.3, -0.25) is 0 Å². The molecule has 0 saturated heterocycles. The van der Waals surface area contributed by atoms with E-state index in [4.69, 9.17) is 22.4 Å². The molecule has 20 heavy (non-hydrogen) atoms. The summed E-state index contributed by atoms with van der Waals surface area (Å²) in [6, 6.07) is 2.59. The van der Waals surface area contributed by atoms with Gasteiger partial charge in [-0.15, -0.1) is 10.8 Å². The van der Waals surface area contributed by atoms with Crippen LogP contribution in [0.5, 0.6) is 0 Å². The number of aromatic nitrogens is 3. The zero-order chi connectivity index (χ0) is 15.3. The van der Waals surface area contributed by atoms with Crippen LogP contribution in [-0.2, 0) is 6.18 Å². The Morgan fingerprint density at radius 2 is 2.05 bits per heavy atom. The molecule has 0 bridgehead atoms. The van der Waals surface area contributed by atoms with E-state index in [1.165, 1.54) is 0 Å². The van der Waals surface area contributed by atoms with Gasteiger partial charge in [0.2, 0.25) is 0 Å². The van der Waals surface area contributed by atoms with Crippen LogP contribution in [0.25, 0.3) is 5.73 Å². The third-order valence-corrected chi connectivity index (χ3v) is 2.24. The van der Waals surface area contributed by atoms with Crippen LogP contribution in [0, 0.1) is 0 Å². The predicted molar refractivity (Wildman–Crippen MR) is 63.8 cm³/mol. The monoisotopic (exact) mass is 307 g/mol. The minimum Gasteiger partial charge on any atom is -0.698 e. The highest BCUT2D eigenvalue weighted by atomic mass is 35.5. The normalized spacial score (nSPS) is 10.6. The summed E-state index contributed by atoms with van der Waals surface area (Å²) in [6.07, 6.45) is -3.25. The Labute approximate surface area is 115 Å². The largest absolute Gasteiger partial charge is 0.698 e. The van der Waals surface area contributed by atoms with E-state index in [1.54, 1.807) is 0 Å². The average molecular weight is 308 g/mol. The molecule has 0 amide bonds. The summed E-state index contributed by atoms with van der Waals surface area (Å²) in [7, 11) is 0. The van der Waals surface area contributed by atoms with Gasteiger partial charge in [0.25, 0.3) is 0 Å². The molecule has 0 aliphatic heterocycles. The van der Waals surface area contributed by atoms with E-state index in [9.17, 15) is 18.0 Å². The molecule has 1 heterocycles. The quantitative estimate of drug-likeness (QED) is 0.840. The molecule has 0 spiro atoms. The van der Waals surface area contributed by atoms with Crippen molar-refractivity contribution in [2.75, 3.05) is 0 Å². The smallest absolute Gasteiger partial charge is 0.416 e. The standard InChI is InChI=1S/C7H4ClF3N.C3H3N3O2/c8-5-3-4(7(9,10)11)1-2-6(5)12;7-3(8)2-1-4-6-5-2/h1-3,12H;1H,(H,7,8)(H,4,5,6)/q-1;. The molecular weight excluding hydrogens is 301 g/mol. The Kier molecular flexibility index (Phi) is 4.92. The zero-order valence-corrected chi connectivity index (χ0v) is 10.3. The molecule has 3 N–H and O–H groups in total. The molecule has 0 saturated carbocycles. The fraction of sp³-hybridized carbons (Fsp3) is 0.100. The zero-order valence-electron chi connectivity index (χ0n) is 9.57. The number of carboxylic acid groups (broad SMARTS) is 1. The Morgan fingerprint density at radius 1 is 1.40 bits per heavy atom. The van der Waals surface area contributed by atoms with Gasteiger partial charge in [0.15, 0.2) is 5.69 Å². The molecule has 108 valence electrons. The van der Waals surface area contributed by atoms with Crippen LogP contribution in [0.3, 0.4) is 0 Å².